The number of nitrogens with two attached hydrogens (primary N) is 1. The van der Waals surface area contributed by atoms with Gasteiger partial charge in [-0.3, -0.25) is 4.68 Å². The van der Waals surface area contributed by atoms with Gasteiger partial charge in [-0.25, -0.2) is 8.42 Å². The Balaban J connectivity index is 2.12. The fourth-order valence-electron chi connectivity index (χ4n) is 2.58. The highest BCUT2D eigenvalue weighted by molar-refractivity contribution is 7.89. The van der Waals surface area contributed by atoms with Crippen LogP contribution in [0.1, 0.15) is 19.8 Å². The van der Waals surface area contributed by atoms with Crippen LogP contribution in [0.4, 0.5) is 0 Å². The topological polar surface area (TPSA) is 84.5 Å². The number of rotatable bonds is 6. The molecule has 2 N–H and O–H groups in total. The molecule has 1 aromatic heterocycles. The van der Waals surface area contributed by atoms with E-state index in [1.165, 1.54) is 6.20 Å². The fourth-order valence-corrected chi connectivity index (χ4v) is 4.00. The lowest BCUT2D eigenvalue weighted by Gasteiger charge is -2.38. The first-order valence-electron chi connectivity index (χ1n) is 7.42. The van der Waals surface area contributed by atoms with Crippen molar-refractivity contribution in [2.45, 2.75) is 37.2 Å². The summed E-state index contributed by atoms with van der Waals surface area (Å²) < 4.78 is 28.6. The molecule has 0 spiro atoms. The molecular formula is C13H25N5O2S. The summed E-state index contributed by atoms with van der Waals surface area (Å²) in [5.41, 5.74) is 5.46. The van der Waals surface area contributed by atoms with E-state index in [2.05, 4.69) is 16.9 Å². The number of likely N-dealkylation sites (N-methyl/N-ethyl adjacent to an activating group) is 1. The molecule has 120 valence electrons. The Morgan fingerprint density at radius 3 is 2.86 bits per heavy atom. The summed E-state index contributed by atoms with van der Waals surface area (Å²) in [6, 6.07) is 0.279. The van der Waals surface area contributed by atoms with Crippen LogP contribution in [0.2, 0.25) is 0 Å². The molecule has 1 fully saturated rings. The average Bonchev–Trinajstić information content (AvgIpc) is 2.95. The second-order valence-electron chi connectivity index (χ2n) is 5.49. The molecule has 2 heterocycles. The van der Waals surface area contributed by atoms with Crippen LogP contribution in [0.5, 0.6) is 0 Å². The van der Waals surface area contributed by atoms with Gasteiger partial charge in [-0.1, -0.05) is 6.92 Å². The van der Waals surface area contributed by atoms with Crippen LogP contribution >= 0.6 is 0 Å². The molecule has 1 aliphatic heterocycles. The standard InChI is InChI=1S/C13H25N5O2S/c1-3-12-10-18(8-7-16(12)2)21(19,20)13-9-15-17(11-13)6-4-5-14/h9,11-12H,3-8,10,14H2,1-2H3. The number of nitrogens with zero attached hydrogens (tertiary/aromatic N) is 4. The molecule has 0 aromatic carbocycles. The number of aryl methyl sites for hydroxylation is 1. The molecule has 0 saturated carbocycles. The molecular weight excluding hydrogens is 290 g/mol. The van der Waals surface area contributed by atoms with Gasteiger partial charge in [-0.05, 0) is 26.4 Å². The van der Waals surface area contributed by atoms with Gasteiger partial charge in [0.1, 0.15) is 4.90 Å². The lowest BCUT2D eigenvalue weighted by atomic mass is 10.1. The third kappa shape index (κ3) is 3.63. The maximum atomic E-state index is 12.7. The number of piperazine rings is 1. The molecule has 1 unspecified atom stereocenters. The van der Waals surface area contributed by atoms with Crippen molar-refractivity contribution in [3.05, 3.63) is 12.4 Å². The quantitative estimate of drug-likeness (QED) is 0.795. The molecule has 0 radical (unpaired) electrons. The van der Waals surface area contributed by atoms with E-state index < -0.39 is 10.0 Å². The molecule has 1 aliphatic rings. The normalized spacial score (nSPS) is 21.8. The Bertz CT molecular complexity index is 557. The smallest absolute Gasteiger partial charge is 0.246 e. The summed E-state index contributed by atoms with van der Waals surface area (Å²) in [5.74, 6) is 0. The summed E-state index contributed by atoms with van der Waals surface area (Å²) in [5, 5.41) is 4.11. The van der Waals surface area contributed by atoms with Gasteiger partial charge >= 0.3 is 0 Å². The fraction of sp³-hybridized carbons (Fsp3) is 0.769. The first-order valence-corrected chi connectivity index (χ1v) is 8.86. The Kier molecular flexibility index (Phi) is 5.37. The molecule has 7 nitrogen and oxygen atoms in total. The second-order valence-corrected chi connectivity index (χ2v) is 7.43. The number of hydrogen-bond acceptors (Lipinski definition) is 5. The van der Waals surface area contributed by atoms with Crippen molar-refractivity contribution < 1.29 is 8.42 Å². The third-order valence-corrected chi connectivity index (χ3v) is 5.87. The zero-order chi connectivity index (χ0) is 15.5. The average molecular weight is 315 g/mol. The predicted molar refractivity (Wildman–Crippen MR) is 81.4 cm³/mol. The molecule has 0 amide bonds. The van der Waals surface area contributed by atoms with E-state index >= 15 is 0 Å². The van der Waals surface area contributed by atoms with E-state index in [0.717, 1.165) is 19.4 Å². The van der Waals surface area contributed by atoms with Gasteiger partial charge in [0.15, 0.2) is 0 Å². The Morgan fingerprint density at radius 2 is 2.19 bits per heavy atom. The molecule has 2 rings (SSSR count). The minimum Gasteiger partial charge on any atom is -0.330 e. The summed E-state index contributed by atoms with van der Waals surface area (Å²) >= 11 is 0. The highest BCUT2D eigenvalue weighted by Crippen LogP contribution is 2.20. The van der Waals surface area contributed by atoms with E-state index in [-0.39, 0.29) is 10.9 Å². The van der Waals surface area contributed by atoms with Gasteiger partial charge in [-0.2, -0.15) is 9.40 Å². The van der Waals surface area contributed by atoms with Gasteiger partial charge in [0.2, 0.25) is 10.0 Å². The summed E-state index contributed by atoms with van der Waals surface area (Å²) in [7, 11) is -1.40. The number of aromatic nitrogens is 2. The van der Waals surface area contributed by atoms with E-state index in [9.17, 15) is 8.42 Å². The van der Waals surface area contributed by atoms with E-state index in [1.54, 1.807) is 15.2 Å². The van der Waals surface area contributed by atoms with Crippen LogP contribution < -0.4 is 5.73 Å². The van der Waals surface area contributed by atoms with Gasteiger partial charge in [-0.15, -0.1) is 0 Å². The first kappa shape index (κ1) is 16.4. The van der Waals surface area contributed by atoms with Crippen molar-refractivity contribution in [1.82, 2.24) is 19.0 Å². The van der Waals surface area contributed by atoms with E-state index in [1.807, 2.05) is 7.05 Å². The minimum absolute atomic E-state index is 0.277. The van der Waals surface area contributed by atoms with Crippen LogP contribution in [0.25, 0.3) is 0 Å². The highest BCUT2D eigenvalue weighted by atomic mass is 32.2. The lowest BCUT2D eigenvalue weighted by molar-refractivity contribution is 0.144. The van der Waals surface area contributed by atoms with Crippen LogP contribution in [-0.4, -0.2) is 66.7 Å². The summed E-state index contributed by atoms with van der Waals surface area (Å²) in [4.78, 5) is 2.50. The van der Waals surface area contributed by atoms with E-state index in [0.29, 0.717) is 26.2 Å². The minimum atomic E-state index is -3.44. The van der Waals surface area contributed by atoms with Crippen LogP contribution in [0.3, 0.4) is 0 Å². The van der Waals surface area contributed by atoms with E-state index in [4.69, 9.17) is 5.73 Å². The first-order chi connectivity index (χ1) is 9.98. The lowest BCUT2D eigenvalue weighted by Crippen LogP contribution is -2.52. The molecule has 21 heavy (non-hydrogen) atoms. The Labute approximate surface area is 126 Å². The Morgan fingerprint density at radius 1 is 1.43 bits per heavy atom. The third-order valence-electron chi connectivity index (χ3n) is 4.05. The molecule has 0 bridgehead atoms. The van der Waals surface area contributed by atoms with Crippen molar-refractivity contribution in [3.63, 3.8) is 0 Å². The molecule has 1 atom stereocenters. The van der Waals surface area contributed by atoms with Crippen LogP contribution in [-0.2, 0) is 16.6 Å². The zero-order valence-corrected chi connectivity index (χ0v) is 13.6. The van der Waals surface area contributed by atoms with Gasteiger partial charge in [0.25, 0.3) is 0 Å². The van der Waals surface area contributed by atoms with Crippen molar-refractivity contribution in [3.8, 4) is 0 Å². The zero-order valence-electron chi connectivity index (χ0n) is 12.8. The molecule has 1 aromatic rings. The summed E-state index contributed by atoms with van der Waals surface area (Å²) in [6.45, 7) is 5.14. The second kappa shape index (κ2) is 6.87. The van der Waals surface area contributed by atoms with Gasteiger partial charge < -0.3 is 10.6 Å². The molecule has 1 saturated heterocycles. The van der Waals surface area contributed by atoms with Crippen molar-refractivity contribution in [1.29, 1.82) is 0 Å². The van der Waals surface area contributed by atoms with Gasteiger partial charge in [0.05, 0.1) is 6.20 Å². The van der Waals surface area contributed by atoms with Crippen LogP contribution in [0.15, 0.2) is 17.3 Å². The maximum absolute atomic E-state index is 12.7. The Hall–Kier alpha value is -0.960. The molecule has 0 aliphatic carbocycles. The monoisotopic (exact) mass is 315 g/mol. The molecule has 8 heteroatoms. The summed E-state index contributed by atoms with van der Waals surface area (Å²) in [6.07, 6.45) is 4.77. The highest BCUT2D eigenvalue weighted by Gasteiger charge is 2.32. The SMILES string of the molecule is CCC1CN(S(=O)(=O)c2cnn(CCCN)c2)CCN1C. The number of hydrogen-bond donors (Lipinski definition) is 1. The van der Waals surface area contributed by atoms with Crippen LogP contribution in [0, 0.1) is 0 Å². The number of sulfonamides is 1. The largest absolute Gasteiger partial charge is 0.330 e. The maximum Gasteiger partial charge on any atom is 0.246 e. The van der Waals surface area contributed by atoms with Crippen molar-refractivity contribution >= 4 is 10.0 Å². The van der Waals surface area contributed by atoms with Crippen molar-refractivity contribution in [2.75, 3.05) is 33.2 Å². The van der Waals surface area contributed by atoms with Gasteiger partial charge in [0, 0.05) is 38.4 Å². The van der Waals surface area contributed by atoms with Crippen molar-refractivity contribution in [2.24, 2.45) is 5.73 Å². The predicted octanol–water partition coefficient (Wildman–Crippen LogP) is -0.0534.